The number of carbonyl (C=O) groups excluding carboxylic acids is 1. The third-order valence-electron chi connectivity index (χ3n) is 6.68. The fourth-order valence-corrected chi connectivity index (χ4v) is 4.20. The van der Waals surface area contributed by atoms with Gasteiger partial charge in [-0.3, -0.25) is 0 Å². The Balaban J connectivity index is 1.19. The van der Waals surface area contributed by atoms with Gasteiger partial charge in [0.05, 0.1) is 12.7 Å². The summed E-state index contributed by atoms with van der Waals surface area (Å²) in [5, 5.41) is 19.1. The summed E-state index contributed by atoms with van der Waals surface area (Å²) in [5.74, 6) is 2.49. The van der Waals surface area contributed by atoms with Crippen LogP contribution in [0.1, 0.15) is 32.6 Å². The van der Waals surface area contributed by atoms with Crippen molar-refractivity contribution in [3.63, 3.8) is 0 Å². The molecule has 0 spiro atoms. The second-order valence-electron chi connectivity index (χ2n) is 9.93. The molecule has 0 atom stereocenters. The smallest absolute Gasteiger partial charge is 0.337 e. The first-order chi connectivity index (χ1) is 21.4. The molecule has 0 amide bonds. The fraction of sp³-hybridized carbons (Fsp3) is 0.139. The van der Waals surface area contributed by atoms with Crippen LogP contribution in [0.3, 0.4) is 0 Å². The van der Waals surface area contributed by atoms with E-state index in [1.807, 2.05) is 42.5 Å². The van der Waals surface area contributed by atoms with E-state index in [1.54, 1.807) is 72.8 Å². The van der Waals surface area contributed by atoms with E-state index in [9.17, 15) is 15.0 Å². The minimum atomic E-state index is -0.389. The zero-order valence-electron chi connectivity index (χ0n) is 24.1. The zero-order chi connectivity index (χ0) is 30.7. The van der Waals surface area contributed by atoms with E-state index < -0.39 is 0 Å². The monoisotopic (exact) mass is 592 g/mol. The van der Waals surface area contributed by atoms with E-state index in [1.165, 1.54) is 7.11 Å². The molecule has 5 rings (SSSR count). The molecule has 0 aliphatic rings. The topological polar surface area (TPSA) is 104 Å². The number of hydrogen-bond donors (Lipinski definition) is 2. The van der Waals surface area contributed by atoms with Crippen molar-refractivity contribution in [3.05, 3.63) is 143 Å². The van der Waals surface area contributed by atoms with Gasteiger partial charge < -0.3 is 33.9 Å². The van der Waals surface area contributed by atoms with Crippen LogP contribution in [-0.4, -0.2) is 23.3 Å². The van der Waals surface area contributed by atoms with E-state index in [4.69, 9.17) is 23.7 Å². The van der Waals surface area contributed by atoms with Gasteiger partial charge in [-0.05, 0) is 95.1 Å². The molecule has 0 fully saturated rings. The summed E-state index contributed by atoms with van der Waals surface area (Å²) < 4.78 is 28.8. The number of carbonyl (C=O) groups is 1. The Labute approximate surface area is 255 Å². The van der Waals surface area contributed by atoms with E-state index in [0.717, 1.165) is 22.3 Å². The summed E-state index contributed by atoms with van der Waals surface area (Å²) in [6.07, 6.45) is 0. The number of ether oxygens (including phenoxy) is 5. The Morgan fingerprint density at radius 1 is 0.500 bits per heavy atom. The van der Waals surface area contributed by atoms with Crippen LogP contribution in [0, 0.1) is 0 Å². The highest BCUT2D eigenvalue weighted by Crippen LogP contribution is 2.31. The highest BCUT2D eigenvalue weighted by atomic mass is 16.5. The van der Waals surface area contributed by atoms with Gasteiger partial charge in [0.2, 0.25) is 0 Å². The summed E-state index contributed by atoms with van der Waals surface area (Å²) in [6.45, 7) is 1.28. The van der Waals surface area contributed by atoms with Crippen LogP contribution in [0.15, 0.2) is 115 Å². The zero-order valence-corrected chi connectivity index (χ0v) is 24.1. The number of aromatic hydroxyl groups is 2. The van der Waals surface area contributed by atoms with Crippen LogP contribution < -0.4 is 18.9 Å². The lowest BCUT2D eigenvalue weighted by Crippen LogP contribution is -2.03. The van der Waals surface area contributed by atoms with Gasteiger partial charge in [0, 0.05) is 0 Å². The van der Waals surface area contributed by atoms with Crippen molar-refractivity contribution in [1.29, 1.82) is 0 Å². The number of phenolic OH excluding ortho intramolecular Hbond substituents is 2. The molecule has 0 saturated carbocycles. The average Bonchev–Trinajstić information content (AvgIpc) is 3.06. The predicted molar refractivity (Wildman–Crippen MR) is 164 cm³/mol. The minimum absolute atomic E-state index is 0.193. The average molecular weight is 593 g/mol. The fourth-order valence-electron chi connectivity index (χ4n) is 4.20. The third-order valence-corrected chi connectivity index (χ3v) is 6.68. The molecule has 8 heteroatoms. The maximum Gasteiger partial charge on any atom is 0.337 e. The molecule has 44 heavy (non-hydrogen) atoms. The number of methoxy groups -OCH3 is 1. The second-order valence-corrected chi connectivity index (χ2v) is 9.93. The number of esters is 1. The number of rotatable bonds is 13. The second kappa shape index (κ2) is 14.5. The number of phenols is 2. The lowest BCUT2D eigenvalue weighted by Gasteiger charge is -2.15. The van der Waals surface area contributed by atoms with Gasteiger partial charge >= 0.3 is 5.97 Å². The molecule has 0 radical (unpaired) electrons. The predicted octanol–water partition coefficient (Wildman–Crippen LogP) is 7.20. The minimum Gasteiger partial charge on any atom is -0.508 e. The number of benzene rings is 5. The van der Waals surface area contributed by atoms with Gasteiger partial charge in [-0.15, -0.1) is 0 Å². The van der Waals surface area contributed by atoms with Crippen molar-refractivity contribution in [1.82, 2.24) is 0 Å². The molecule has 8 nitrogen and oxygen atoms in total. The van der Waals surface area contributed by atoms with Crippen molar-refractivity contribution in [2.24, 2.45) is 0 Å². The van der Waals surface area contributed by atoms with E-state index in [0.29, 0.717) is 55.0 Å². The lowest BCUT2D eigenvalue weighted by molar-refractivity contribution is 0.0600. The Kier molecular flexibility index (Phi) is 9.84. The Hall–Kier alpha value is -5.63. The van der Waals surface area contributed by atoms with Gasteiger partial charge in [0.15, 0.2) is 11.5 Å². The van der Waals surface area contributed by atoms with Crippen LogP contribution >= 0.6 is 0 Å². The van der Waals surface area contributed by atoms with Crippen molar-refractivity contribution >= 4 is 5.97 Å². The standard InChI is InChI=1S/C36H32O8/c1-40-36(39)29-9-17-33(18-10-29)41-21-27-6-15-32(16-7-27)42-24-28-8-19-34(43-22-25-2-11-30(37)12-3-25)35(20-28)44-23-26-4-13-31(38)14-5-26/h2-20,37-38H,21-24H2,1H3. The Bertz CT molecular complexity index is 1650. The van der Waals surface area contributed by atoms with Gasteiger partial charge in [-0.1, -0.05) is 42.5 Å². The molecule has 2 N–H and O–H groups in total. The largest absolute Gasteiger partial charge is 0.508 e. The Morgan fingerprint density at radius 3 is 1.43 bits per heavy atom. The van der Waals surface area contributed by atoms with Crippen LogP contribution in [0.2, 0.25) is 0 Å². The summed E-state index contributed by atoms with van der Waals surface area (Å²) in [6, 6.07) is 33.8. The van der Waals surface area contributed by atoms with Gasteiger partial charge in [-0.2, -0.15) is 0 Å². The van der Waals surface area contributed by atoms with Crippen LogP contribution in [0.25, 0.3) is 0 Å². The van der Waals surface area contributed by atoms with Crippen molar-refractivity contribution in [3.8, 4) is 34.5 Å². The molecule has 0 heterocycles. The lowest BCUT2D eigenvalue weighted by atomic mass is 10.2. The van der Waals surface area contributed by atoms with E-state index in [2.05, 4.69) is 0 Å². The first-order valence-corrected chi connectivity index (χ1v) is 13.9. The normalized spacial score (nSPS) is 10.6. The molecule has 0 aromatic heterocycles. The van der Waals surface area contributed by atoms with Crippen molar-refractivity contribution < 1.29 is 38.7 Å². The molecule has 0 saturated heterocycles. The van der Waals surface area contributed by atoms with Crippen LogP contribution in [0.5, 0.6) is 34.5 Å². The molecule has 224 valence electrons. The first-order valence-electron chi connectivity index (χ1n) is 13.9. The molecule has 0 aliphatic heterocycles. The Morgan fingerprint density at radius 2 is 0.909 bits per heavy atom. The maximum atomic E-state index is 11.6. The highest BCUT2D eigenvalue weighted by Gasteiger charge is 2.10. The molecule has 5 aromatic carbocycles. The molecular weight excluding hydrogens is 560 g/mol. The summed E-state index contributed by atoms with van der Waals surface area (Å²) in [5.41, 5.74) is 4.13. The van der Waals surface area contributed by atoms with E-state index >= 15 is 0 Å². The quantitative estimate of drug-likeness (QED) is 0.138. The van der Waals surface area contributed by atoms with Crippen molar-refractivity contribution in [2.75, 3.05) is 7.11 Å². The van der Waals surface area contributed by atoms with Gasteiger partial charge in [-0.25, -0.2) is 4.79 Å². The molecule has 0 aliphatic carbocycles. The molecular formula is C36H32O8. The summed E-state index contributed by atoms with van der Waals surface area (Å²) >= 11 is 0. The third kappa shape index (κ3) is 8.45. The summed E-state index contributed by atoms with van der Waals surface area (Å²) in [4.78, 5) is 11.6. The van der Waals surface area contributed by atoms with E-state index in [-0.39, 0.29) is 17.5 Å². The molecule has 0 unspecified atom stereocenters. The van der Waals surface area contributed by atoms with Crippen LogP contribution in [-0.2, 0) is 31.2 Å². The van der Waals surface area contributed by atoms with Crippen LogP contribution in [0.4, 0.5) is 0 Å². The van der Waals surface area contributed by atoms with Crippen molar-refractivity contribution in [2.45, 2.75) is 26.4 Å². The van der Waals surface area contributed by atoms with Gasteiger partial charge in [0.1, 0.15) is 49.4 Å². The molecule has 0 bridgehead atoms. The number of hydrogen-bond acceptors (Lipinski definition) is 8. The SMILES string of the molecule is COC(=O)c1ccc(OCc2ccc(OCc3ccc(OCc4ccc(O)cc4)c(OCc4ccc(O)cc4)c3)cc2)cc1. The van der Waals surface area contributed by atoms with Gasteiger partial charge in [0.25, 0.3) is 0 Å². The highest BCUT2D eigenvalue weighted by molar-refractivity contribution is 5.89. The maximum absolute atomic E-state index is 11.6. The molecule has 5 aromatic rings. The first kappa shape index (κ1) is 29.8. The summed E-state index contributed by atoms with van der Waals surface area (Å²) in [7, 11) is 1.35.